The van der Waals surface area contributed by atoms with Gasteiger partial charge in [0.05, 0.1) is 12.2 Å². The first kappa shape index (κ1) is 8.04. The molecule has 4 heteroatoms. The first-order valence-electron chi connectivity index (χ1n) is 3.88. The summed E-state index contributed by atoms with van der Waals surface area (Å²) in [5.74, 6) is -0.405. The Morgan fingerprint density at radius 3 is 3.00 bits per heavy atom. The van der Waals surface area contributed by atoms with E-state index in [1.807, 2.05) is 0 Å². The molecular formula is C9H7FNO2. The van der Waals surface area contributed by atoms with Crippen molar-refractivity contribution in [2.75, 3.05) is 18.1 Å². The SMILES string of the molecule is O=C1OCCN1c1c[c]cc(F)c1. The third kappa shape index (κ3) is 1.47. The fraction of sp³-hybridized carbons (Fsp3) is 0.222. The molecule has 1 aromatic rings. The minimum absolute atomic E-state index is 0.356. The topological polar surface area (TPSA) is 29.5 Å². The maximum absolute atomic E-state index is 12.7. The third-order valence-corrected chi connectivity index (χ3v) is 1.81. The Morgan fingerprint density at radius 1 is 1.54 bits per heavy atom. The van der Waals surface area contributed by atoms with Crippen LogP contribution in [0.3, 0.4) is 0 Å². The summed E-state index contributed by atoms with van der Waals surface area (Å²) in [6, 6.07) is 6.65. The van der Waals surface area contributed by atoms with Crippen molar-refractivity contribution in [2.45, 2.75) is 0 Å². The van der Waals surface area contributed by atoms with Crippen molar-refractivity contribution in [3.8, 4) is 0 Å². The average Bonchev–Trinajstić information content (AvgIpc) is 2.51. The van der Waals surface area contributed by atoms with Gasteiger partial charge in [-0.15, -0.1) is 0 Å². The van der Waals surface area contributed by atoms with E-state index in [4.69, 9.17) is 4.74 Å². The molecule has 0 aromatic heterocycles. The number of benzene rings is 1. The minimum Gasteiger partial charge on any atom is -0.447 e. The Kier molecular flexibility index (Phi) is 1.88. The van der Waals surface area contributed by atoms with Gasteiger partial charge in [0.25, 0.3) is 0 Å². The number of halogens is 1. The van der Waals surface area contributed by atoms with E-state index in [-0.39, 0.29) is 0 Å². The van der Waals surface area contributed by atoms with E-state index in [0.717, 1.165) is 0 Å². The zero-order chi connectivity index (χ0) is 9.26. The number of anilines is 1. The lowest BCUT2D eigenvalue weighted by Gasteiger charge is -2.11. The molecule has 1 aliphatic rings. The van der Waals surface area contributed by atoms with Crippen molar-refractivity contribution in [3.63, 3.8) is 0 Å². The number of carbonyl (C=O) groups is 1. The number of rotatable bonds is 1. The largest absolute Gasteiger partial charge is 0.447 e. The fourth-order valence-electron chi connectivity index (χ4n) is 1.22. The molecule has 0 bridgehead atoms. The molecule has 1 aliphatic heterocycles. The second kappa shape index (κ2) is 3.05. The van der Waals surface area contributed by atoms with Gasteiger partial charge in [0, 0.05) is 0 Å². The van der Waals surface area contributed by atoms with Crippen molar-refractivity contribution in [3.05, 3.63) is 30.1 Å². The Labute approximate surface area is 74.7 Å². The summed E-state index contributed by atoms with van der Waals surface area (Å²) in [6.45, 7) is 0.825. The zero-order valence-electron chi connectivity index (χ0n) is 6.79. The van der Waals surface area contributed by atoms with Crippen LogP contribution in [0.5, 0.6) is 0 Å². The van der Waals surface area contributed by atoms with Gasteiger partial charge in [0.1, 0.15) is 12.4 Å². The molecule has 13 heavy (non-hydrogen) atoms. The molecule has 1 amide bonds. The van der Waals surface area contributed by atoms with E-state index < -0.39 is 11.9 Å². The van der Waals surface area contributed by atoms with Crippen LogP contribution in [0, 0.1) is 11.9 Å². The molecular weight excluding hydrogens is 173 g/mol. The van der Waals surface area contributed by atoms with Gasteiger partial charge in [0.15, 0.2) is 0 Å². The van der Waals surface area contributed by atoms with Crippen LogP contribution in [0.1, 0.15) is 0 Å². The van der Waals surface area contributed by atoms with Gasteiger partial charge in [-0.1, -0.05) is 0 Å². The van der Waals surface area contributed by atoms with Crippen LogP contribution in [0.2, 0.25) is 0 Å². The van der Waals surface area contributed by atoms with Crippen molar-refractivity contribution in [2.24, 2.45) is 0 Å². The standard InChI is InChI=1S/C9H7FNO2/c10-7-2-1-3-8(6-7)11-4-5-13-9(11)12/h2-3,6H,4-5H2. The lowest BCUT2D eigenvalue weighted by Crippen LogP contribution is -2.23. The fourth-order valence-corrected chi connectivity index (χ4v) is 1.22. The summed E-state index contributed by atoms with van der Waals surface area (Å²) in [5, 5.41) is 0. The summed E-state index contributed by atoms with van der Waals surface area (Å²) >= 11 is 0. The predicted octanol–water partition coefficient (Wildman–Crippen LogP) is 1.58. The van der Waals surface area contributed by atoms with Gasteiger partial charge in [-0.3, -0.25) is 4.90 Å². The molecule has 0 unspecified atom stereocenters. The number of carbonyl (C=O) groups excluding carboxylic acids is 1. The smallest absolute Gasteiger partial charge is 0.414 e. The first-order valence-corrected chi connectivity index (χ1v) is 3.88. The number of hydrogen-bond acceptors (Lipinski definition) is 2. The minimum atomic E-state index is -0.431. The Morgan fingerprint density at radius 2 is 2.38 bits per heavy atom. The van der Waals surface area contributed by atoms with Gasteiger partial charge < -0.3 is 4.74 Å². The second-order valence-electron chi connectivity index (χ2n) is 2.68. The third-order valence-electron chi connectivity index (χ3n) is 1.81. The molecule has 1 fully saturated rings. The van der Waals surface area contributed by atoms with E-state index in [9.17, 15) is 9.18 Å². The summed E-state index contributed by atoms with van der Waals surface area (Å²) in [5.41, 5.74) is 0.488. The van der Waals surface area contributed by atoms with Crippen LogP contribution in [-0.4, -0.2) is 19.2 Å². The van der Waals surface area contributed by atoms with Gasteiger partial charge >= 0.3 is 6.09 Å². The van der Waals surface area contributed by atoms with Crippen LogP contribution < -0.4 is 4.90 Å². The molecule has 2 rings (SSSR count). The molecule has 0 saturated carbocycles. The lowest BCUT2D eigenvalue weighted by molar-refractivity contribution is 0.181. The predicted molar refractivity (Wildman–Crippen MR) is 43.9 cm³/mol. The van der Waals surface area contributed by atoms with E-state index in [1.165, 1.54) is 17.0 Å². The highest BCUT2D eigenvalue weighted by Gasteiger charge is 2.23. The van der Waals surface area contributed by atoms with E-state index in [1.54, 1.807) is 6.07 Å². The van der Waals surface area contributed by atoms with Crippen LogP contribution in [0.4, 0.5) is 14.9 Å². The zero-order valence-corrected chi connectivity index (χ0v) is 6.79. The van der Waals surface area contributed by atoms with Crippen LogP contribution in [0.15, 0.2) is 18.2 Å². The number of ether oxygens (including phenoxy) is 1. The number of amides is 1. The lowest BCUT2D eigenvalue weighted by atomic mass is 10.3. The molecule has 1 radical (unpaired) electrons. The van der Waals surface area contributed by atoms with Crippen LogP contribution >= 0.6 is 0 Å². The molecule has 0 atom stereocenters. The van der Waals surface area contributed by atoms with Crippen molar-refractivity contribution >= 4 is 11.8 Å². The molecule has 0 spiro atoms. The van der Waals surface area contributed by atoms with Crippen LogP contribution in [0.25, 0.3) is 0 Å². The molecule has 3 nitrogen and oxygen atoms in total. The van der Waals surface area contributed by atoms with Gasteiger partial charge in [-0.05, 0) is 24.3 Å². The normalized spacial score (nSPS) is 16.1. The summed E-state index contributed by atoms with van der Waals surface area (Å²) in [6.07, 6.45) is -0.431. The van der Waals surface area contributed by atoms with Crippen molar-refractivity contribution in [1.29, 1.82) is 0 Å². The monoisotopic (exact) mass is 180 g/mol. The van der Waals surface area contributed by atoms with Crippen molar-refractivity contribution < 1.29 is 13.9 Å². The number of cyclic esters (lactones) is 1. The summed E-state index contributed by atoms with van der Waals surface area (Å²) in [4.78, 5) is 12.4. The summed E-state index contributed by atoms with van der Waals surface area (Å²) < 4.78 is 17.4. The maximum Gasteiger partial charge on any atom is 0.414 e. The summed E-state index contributed by atoms with van der Waals surface area (Å²) in [7, 11) is 0. The highest BCUT2D eigenvalue weighted by atomic mass is 19.1. The molecule has 1 saturated heterocycles. The maximum atomic E-state index is 12.7. The van der Waals surface area contributed by atoms with Gasteiger partial charge in [-0.25, -0.2) is 9.18 Å². The van der Waals surface area contributed by atoms with E-state index in [0.29, 0.717) is 18.8 Å². The number of hydrogen-bond donors (Lipinski definition) is 0. The number of nitrogens with zero attached hydrogens (tertiary/aromatic N) is 1. The van der Waals surface area contributed by atoms with E-state index >= 15 is 0 Å². The van der Waals surface area contributed by atoms with E-state index in [2.05, 4.69) is 6.07 Å². The Bertz CT molecular complexity index is 340. The Balaban J connectivity index is 2.29. The van der Waals surface area contributed by atoms with Crippen LogP contribution in [-0.2, 0) is 4.74 Å². The highest BCUT2D eigenvalue weighted by molar-refractivity contribution is 5.89. The molecule has 67 valence electrons. The second-order valence-corrected chi connectivity index (χ2v) is 2.68. The van der Waals surface area contributed by atoms with Crippen molar-refractivity contribution in [1.82, 2.24) is 0 Å². The molecule has 1 heterocycles. The molecule has 1 aromatic carbocycles. The first-order chi connectivity index (χ1) is 6.27. The highest BCUT2D eigenvalue weighted by Crippen LogP contribution is 2.18. The Hall–Kier alpha value is -1.58. The van der Waals surface area contributed by atoms with Gasteiger partial charge in [-0.2, -0.15) is 0 Å². The molecule has 0 aliphatic carbocycles. The average molecular weight is 180 g/mol. The quantitative estimate of drug-likeness (QED) is 0.656. The molecule has 0 N–H and O–H groups in total. The van der Waals surface area contributed by atoms with Gasteiger partial charge in [0.2, 0.25) is 0 Å².